The van der Waals surface area contributed by atoms with E-state index >= 15 is 0 Å². The molecule has 1 aliphatic rings. The maximum atomic E-state index is 11.0. The Balaban J connectivity index is 2.12. The maximum Gasteiger partial charge on any atom is 0.217 e. The van der Waals surface area contributed by atoms with Gasteiger partial charge in [0.15, 0.2) is 0 Å². The van der Waals surface area contributed by atoms with E-state index < -0.39 is 0 Å². The molecule has 2 rings (SSSR count). The van der Waals surface area contributed by atoms with Gasteiger partial charge in [0.05, 0.1) is 11.6 Å². The van der Waals surface area contributed by atoms with Crippen LogP contribution < -0.4 is 10.2 Å². The molecule has 2 heterocycles. The molecule has 0 aromatic carbocycles. The maximum absolute atomic E-state index is 11.0. The van der Waals surface area contributed by atoms with E-state index in [0.717, 1.165) is 13.0 Å². The molecule has 0 bridgehead atoms. The molecule has 94 valence electrons. The topological polar surface area (TPSA) is 69.0 Å². The van der Waals surface area contributed by atoms with Crippen molar-refractivity contribution in [1.29, 1.82) is 5.26 Å². The summed E-state index contributed by atoms with van der Waals surface area (Å²) in [4.78, 5) is 17.2. The zero-order valence-corrected chi connectivity index (χ0v) is 10.7. The number of aromatic nitrogens is 1. The van der Waals surface area contributed by atoms with E-state index in [1.807, 2.05) is 4.90 Å². The molecule has 1 saturated heterocycles. The van der Waals surface area contributed by atoms with Crippen molar-refractivity contribution in [3.63, 3.8) is 0 Å². The highest BCUT2D eigenvalue weighted by Gasteiger charge is 2.24. The molecular weight excluding hydrogens is 252 g/mol. The van der Waals surface area contributed by atoms with Gasteiger partial charge in [-0.1, -0.05) is 11.6 Å². The van der Waals surface area contributed by atoms with Crippen LogP contribution in [0.1, 0.15) is 18.9 Å². The van der Waals surface area contributed by atoms with Crippen LogP contribution in [0.2, 0.25) is 5.15 Å². The van der Waals surface area contributed by atoms with Gasteiger partial charge in [0, 0.05) is 26.1 Å². The first-order valence-corrected chi connectivity index (χ1v) is 6.06. The second kappa shape index (κ2) is 5.23. The Kier molecular flexibility index (Phi) is 3.68. The monoisotopic (exact) mass is 264 g/mol. The van der Waals surface area contributed by atoms with Crippen LogP contribution in [0.5, 0.6) is 0 Å². The van der Waals surface area contributed by atoms with E-state index in [4.69, 9.17) is 16.9 Å². The van der Waals surface area contributed by atoms with E-state index in [0.29, 0.717) is 23.1 Å². The predicted octanol–water partition coefficient (Wildman–Crippen LogP) is 1.32. The molecule has 6 heteroatoms. The van der Waals surface area contributed by atoms with E-state index in [2.05, 4.69) is 16.4 Å². The lowest BCUT2D eigenvalue weighted by Crippen LogP contribution is -2.35. The van der Waals surface area contributed by atoms with Crippen molar-refractivity contribution in [3.05, 3.63) is 22.8 Å². The molecule has 5 nitrogen and oxygen atoms in total. The molecule has 0 aliphatic carbocycles. The quantitative estimate of drug-likeness (QED) is 0.818. The number of nitriles is 1. The summed E-state index contributed by atoms with van der Waals surface area (Å²) in [5.74, 6) is 0.658. The highest BCUT2D eigenvalue weighted by atomic mass is 35.5. The summed E-state index contributed by atoms with van der Waals surface area (Å²) in [5, 5.41) is 12.1. The Bertz CT molecular complexity index is 511. The number of halogens is 1. The first-order valence-electron chi connectivity index (χ1n) is 5.68. The summed E-state index contributed by atoms with van der Waals surface area (Å²) in [5.41, 5.74) is 0.493. The molecule has 1 fully saturated rings. The summed E-state index contributed by atoms with van der Waals surface area (Å²) >= 11 is 5.87. The first-order chi connectivity index (χ1) is 8.58. The molecule has 0 spiro atoms. The number of carbonyl (C=O) groups is 1. The number of rotatable bonds is 2. The van der Waals surface area contributed by atoms with E-state index in [1.54, 1.807) is 6.07 Å². The normalized spacial score (nSPS) is 18.5. The highest BCUT2D eigenvalue weighted by Crippen LogP contribution is 2.21. The highest BCUT2D eigenvalue weighted by molar-refractivity contribution is 6.29. The van der Waals surface area contributed by atoms with Crippen LogP contribution in [-0.2, 0) is 4.79 Å². The third-order valence-corrected chi connectivity index (χ3v) is 3.02. The Morgan fingerprint density at radius 1 is 1.67 bits per heavy atom. The fraction of sp³-hybridized carbons (Fsp3) is 0.417. The molecule has 0 radical (unpaired) electrons. The van der Waals surface area contributed by atoms with Crippen LogP contribution in [0.4, 0.5) is 5.82 Å². The fourth-order valence-electron chi connectivity index (χ4n) is 2.08. The van der Waals surface area contributed by atoms with Gasteiger partial charge in [-0.05, 0) is 18.6 Å². The minimum Gasteiger partial charge on any atom is -0.354 e. The lowest BCUT2D eigenvalue weighted by molar-refractivity contribution is -0.119. The van der Waals surface area contributed by atoms with Crippen LogP contribution in [0.25, 0.3) is 0 Å². The first kappa shape index (κ1) is 12.7. The molecular formula is C12H13ClN4O. The van der Waals surface area contributed by atoms with Gasteiger partial charge in [-0.2, -0.15) is 5.26 Å². The average molecular weight is 265 g/mol. The number of amides is 1. The number of nitrogens with one attached hydrogen (secondary N) is 1. The summed E-state index contributed by atoms with van der Waals surface area (Å²) in [6.07, 6.45) is 0.871. The molecule has 1 atom stereocenters. The molecule has 18 heavy (non-hydrogen) atoms. The fourth-order valence-corrected chi connectivity index (χ4v) is 2.29. The zero-order chi connectivity index (χ0) is 13.1. The molecule has 1 amide bonds. The number of pyridine rings is 1. The lowest BCUT2D eigenvalue weighted by Gasteiger charge is -2.18. The zero-order valence-electron chi connectivity index (χ0n) is 9.98. The van der Waals surface area contributed by atoms with E-state index in [1.165, 1.54) is 13.0 Å². The van der Waals surface area contributed by atoms with Gasteiger partial charge < -0.3 is 10.2 Å². The lowest BCUT2D eigenvalue weighted by atomic mass is 10.2. The predicted molar refractivity (Wildman–Crippen MR) is 68.4 cm³/mol. The molecule has 1 aliphatic heterocycles. The molecule has 1 aromatic rings. The molecule has 1 aromatic heterocycles. The summed E-state index contributed by atoms with van der Waals surface area (Å²) < 4.78 is 0. The second-order valence-corrected chi connectivity index (χ2v) is 4.67. The molecule has 0 saturated carbocycles. The SMILES string of the molecule is CC(=O)NC1CCN(c2cc(C#N)cc(Cl)n2)C1. The third kappa shape index (κ3) is 2.90. The number of hydrogen-bond donors (Lipinski definition) is 1. The minimum absolute atomic E-state index is 0.0291. The molecule has 1 unspecified atom stereocenters. The summed E-state index contributed by atoms with van der Waals surface area (Å²) in [7, 11) is 0. The van der Waals surface area contributed by atoms with Gasteiger partial charge in [0.2, 0.25) is 5.91 Å². The van der Waals surface area contributed by atoms with Gasteiger partial charge >= 0.3 is 0 Å². The third-order valence-electron chi connectivity index (χ3n) is 2.83. The summed E-state index contributed by atoms with van der Waals surface area (Å²) in [6, 6.07) is 5.43. The largest absolute Gasteiger partial charge is 0.354 e. The second-order valence-electron chi connectivity index (χ2n) is 4.28. The van der Waals surface area contributed by atoms with Gasteiger partial charge in [-0.3, -0.25) is 4.79 Å². The summed E-state index contributed by atoms with van der Waals surface area (Å²) in [6.45, 7) is 3.00. The van der Waals surface area contributed by atoms with E-state index in [9.17, 15) is 4.79 Å². The van der Waals surface area contributed by atoms with Gasteiger partial charge in [-0.25, -0.2) is 4.98 Å². The van der Waals surface area contributed by atoms with E-state index in [-0.39, 0.29) is 11.9 Å². The van der Waals surface area contributed by atoms with Crippen molar-refractivity contribution in [2.24, 2.45) is 0 Å². The smallest absolute Gasteiger partial charge is 0.217 e. The minimum atomic E-state index is -0.0291. The van der Waals surface area contributed by atoms with Gasteiger partial charge in [-0.15, -0.1) is 0 Å². The van der Waals surface area contributed by atoms with Crippen molar-refractivity contribution < 1.29 is 4.79 Å². The van der Waals surface area contributed by atoms with Gasteiger partial charge in [0.1, 0.15) is 11.0 Å². The van der Waals surface area contributed by atoms with Crippen LogP contribution in [0.15, 0.2) is 12.1 Å². The number of carbonyl (C=O) groups excluding carboxylic acids is 1. The van der Waals surface area contributed by atoms with Crippen molar-refractivity contribution in [2.75, 3.05) is 18.0 Å². The number of nitrogens with zero attached hydrogens (tertiary/aromatic N) is 3. The van der Waals surface area contributed by atoms with Crippen molar-refractivity contribution in [3.8, 4) is 6.07 Å². The average Bonchev–Trinajstić information content (AvgIpc) is 2.75. The number of anilines is 1. The van der Waals surface area contributed by atoms with Crippen molar-refractivity contribution in [1.82, 2.24) is 10.3 Å². The van der Waals surface area contributed by atoms with Crippen LogP contribution >= 0.6 is 11.6 Å². The number of hydrogen-bond acceptors (Lipinski definition) is 4. The Labute approximate surface area is 110 Å². The van der Waals surface area contributed by atoms with Crippen molar-refractivity contribution >= 4 is 23.3 Å². The molecule has 1 N–H and O–H groups in total. The van der Waals surface area contributed by atoms with Crippen molar-refractivity contribution in [2.45, 2.75) is 19.4 Å². The van der Waals surface area contributed by atoms with Crippen LogP contribution in [0.3, 0.4) is 0 Å². The standard InChI is InChI=1S/C12H13ClN4O/c1-8(18)15-10-2-3-17(7-10)12-5-9(6-14)4-11(13)16-12/h4-5,10H,2-3,7H2,1H3,(H,15,18). The van der Waals surface area contributed by atoms with Gasteiger partial charge in [0.25, 0.3) is 0 Å². The Morgan fingerprint density at radius 3 is 3.11 bits per heavy atom. The van der Waals surface area contributed by atoms with Crippen LogP contribution in [0, 0.1) is 11.3 Å². The van der Waals surface area contributed by atoms with Crippen LogP contribution in [-0.4, -0.2) is 30.0 Å². The Morgan fingerprint density at radius 2 is 2.44 bits per heavy atom. The Hall–Kier alpha value is -1.80.